The molecule has 0 fully saturated rings. The van der Waals surface area contributed by atoms with Crippen molar-refractivity contribution in [2.75, 3.05) is 0 Å². The smallest absolute Gasteiger partial charge is 0.328 e. The molecule has 0 aliphatic heterocycles. The molecule has 104 valence electrons. The molecule has 4 heteroatoms. The number of allylic oxidation sites excluding steroid dienone is 1. The molecule has 0 saturated heterocycles. The van der Waals surface area contributed by atoms with Crippen LogP contribution in [0.15, 0.2) is 30.3 Å². The quantitative estimate of drug-likeness (QED) is 0.871. The van der Waals surface area contributed by atoms with E-state index in [1.807, 2.05) is 49.8 Å². The number of carboxylic acid groups (broad SMARTS) is 1. The van der Waals surface area contributed by atoms with Crippen molar-refractivity contribution in [1.82, 2.24) is 9.78 Å². The molecule has 4 nitrogen and oxygen atoms in total. The molecule has 0 saturated carbocycles. The van der Waals surface area contributed by atoms with Crippen molar-refractivity contribution in [2.24, 2.45) is 7.05 Å². The zero-order valence-corrected chi connectivity index (χ0v) is 12.1. The summed E-state index contributed by atoms with van der Waals surface area (Å²) in [5.41, 5.74) is 6.00. The summed E-state index contributed by atoms with van der Waals surface area (Å²) in [6.07, 6.45) is 1.22. The molecule has 0 radical (unpaired) electrons. The van der Waals surface area contributed by atoms with Crippen LogP contribution in [0.1, 0.15) is 23.9 Å². The molecule has 0 bridgehead atoms. The van der Waals surface area contributed by atoms with Gasteiger partial charge < -0.3 is 5.11 Å². The molecule has 1 N–H and O–H groups in total. The Morgan fingerprint density at radius 2 is 1.85 bits per heavy atom. The summed E-state index contributed by atoms with van der Waals surface area (Å²) in [7, 11) is 1.93. The molecule has 2 aromatic rings. The first-order valence-electron chi connectivity index (χ1n) is 6.42. The number of aryl methyl sites for hydroxylation is 2. The molecule has 1 aromatic carbocycles. The maximum atomic E-state index is 10.7. The summed E-state index contributed by atoms with van der Waals surface area (Å²) >= 11 is 0. The first-order valence-corrected chi connectivity index (χ1v) is 6.42. The standard InChI is InChI=1S/C16H18N2O2/c1-10(9-15(19)20)13-5-7-14(8-6-13)16-11(2)17-18(4)12(16)3/h5-9H,1-4H3,(H,19,20)/b10-9+. The van der Waals surface area contributed by atoms with Gasteiger partial charge in [0, 0.05) is 24.4 Å². The highest BCUT2D eigenvalue weighted by Gasteiger charge is 2.11. The molecule has 0 spiro atoms. The van der Waals surface area contributed by atoms with Crippen LogP contribution in [0, 0.1) is 13.8 Å². The van der Waals surface area contributed by atoms with Crippen LogP contribution in [0.3, 0.4) is 0 Å². The van der Waals surface area contributed by atoms with Crippen molar-refractivity contribution >= 4 is 11.5 Å². The minimum atomic E-state index is -0.925. The summed E-state index contributed by atoms with van der Waals surface area (Å²) in [5, 5.41) is 13.2. The van der Waals surface area contributed by atoms with Crippen molar-refractivity contribution in [3.8, 4) is 11.1 Å². The lowest BCUT2D eigenvalue weighted by Gasteiger charge is -2.05. The van der Waals surface area contributed by atoms with Gasteiger partial charge in [-0.25, -0.2) is 4.79 Å². The zero-order chi connectivity index (χ0) is 14.9. The van der Waals surface area contributed by atoms with Gasteiger partial charge in [0.05, 0.1) is 5.69 Å². The zero-order valence-electron chi connectivity index (χ0n) is 12.1. The number of rotatable bonds is 3. The Bertz CT molecular complexity index is 679. The largest absolute Gasteiger partial charge is 0.478 e. The summed E-state index contributed by atoms with van der Waals surface area (Å²) in [5.74, 6) is -0.925. The lowest BCUT2D eigenvalue weighted by molar-refractivity contribution is -0.131. The predicted octanol–water partition coefficient (Wildman–Crippen LogP) is 3.19. The van der Waals surface area contributed by atoms with Gasteiger partial charge in [0.2, 0.25) is 0 Å². The van der Waals surface area contributed by atoms with Crippen LogP contribution < -0.4 is 0 Å². The fraction of sp³-hybridized carbons (Fsp3) is 0.250. The Morgan fingerprint density at radius 3 is 2.30 bits per heavy atom. The summed E-state index contributed by atoms with van der Waals surface area (Å²) in [6.45, 7) is 5.83. The van der Waals surface area contributed by atoms with Crippen LogP contribution >= 0.6 is 0 Å². The highest BCUT2D eigenvalue weighted by molar-refractivity contribution is 5.89. The van der Waals surface area contributed by atoms with Crippen LogP contribution in [0.4, 0.5) is 0 Å². The van der Waals surface area contributed by atoms with E-state index in [2.05, 4.69) is 5.10 Å². The Hall–Kier alpha value is -2.36. The van der Waals surface area contributed by atoms with E-state index in [0.29, 0.717) is 0 Å². The van der Waals surface area contributed by atoms with E-state index in [1.165, 1.54) is 6.08 Å². The lowest BCUT2D eigenvalue weighted by atomic mass is 10.00. The highest BCUT2D eigenvalue weighted by atomic mass is 16.4. The second-order valence-corrected chi connectivity index (χ2v) is 4.91. The van der Waals surface area contributed by atoms with E-state index in [4.69, 9.17) is 5.11 Å². The lowest BCUT2D eigenvalue weighted by Crippen LogP contribution is -1.93. The number of hydrogen-bond acceptors (Lipinski definition) is 2. The maximum absolute atomic E-state index is 10.7. The van der Waals surface area contributed by atoms with Gasteiger partial charge in [-0.2, -0.15) is 5.10 Å². The molecule has 1 aromatic heterocycles. The van der Waals surface area contributed by atoms with Crippen molar-refractivity contribution in [3.63, 3.8) is 0 Å². The molecule has 0 aliphatic rings. The maximum Gasteiger partial charge on any atom is 0.328 e. The second kappa shape index (κ2) is 5.33. The number of carboxylic acids is 1. The molecule has 0 aliphatic carbocycles. The van der Waals surface area contributed by atoms with Gasteiger partial charge in [-0.05, 0) is 37.5 Å². The van der Waals surface area contributed by atoms with Crippen molar-refractivity contribution in [2.45, 2.75) is 20.8 Å². The van der Waals surface area contributed by atoms with Crippen molar-refractivity contribution < 1.29 is 9.90 Å². The third-order valence-electron chi connectivity index (χ3n) is 3.48. The third-order valence-corrected chi connectivity index (χ3v) is 3.48. The average Bonchev–Trinajstić information content (AvgIpc) is 2.63. The number of hydrogen-bond donors (Lipinski definition) is 1. The van der Waals surface area contributed by atoms with E-state index in [0.717, 1.165) is 33.7 Å². The normalized spacial score (nSPS) is 11.7. The third kappa shape index (κ3) is 2.64. The van der Waals surface area contributed by atoms with E-state index in [1.54, 1.807) is 6.92 Å². The Morgan fingerprint density at radius 1 is 1.25 bits per heavy atom. The molecule has 2 rings (SSSR count). The second-order valence-electron chi connectivity index (χ2n) is 4.91. The SMILES string of the molecule is C/C(=C\C(=O)O)c1ccc(-c2c(C)nn(C)c2C)cc1. The van der Waals surface area contributed by atoms with Crippen molar-refractivity contribution in [3.05, 3.63) is 47.3 Å². The van der Waals surface area contributed by atoms with E-state index in [-0.39, 0.29) is 0 Å². The Balaban J connectivity index is 2.40. The molecule has 20 heavy (non-hydrogen) atoms. The van der Waals surface area contributed by atoms with Gasteiger partial charge in [0.15, 0.2) is 0 Å². The van der Waals surface area contributed by atoms with Gasteiger partial charge in [-0.15, -0.1) is 0 Å². The summed E-state index contributed by atoms with van der Waals surface area (Å²) in [4.78, 5) is 10.7. The van der Waals surface area contributed by atoms with E-state index >= 15 is 0 Å². The molecular weight excluding hydrogens is 252 g/mol. The molecule has 1 heterocycles. The fourth-order valence-electron chi connectivity index (χ4n) is 2.36. The van der Waals surface area contributed by atoms with Gasteiger partial charge in [0.25, 0.3) is 0 Å². The van der Waals surface area contributed by atoms with Gasteiger partial charge >= 0.3 is 5.97 Å². The minimum Gasteiger partial charge on any atom is -0.478 e. The van der Waals surface area contributed by atoms with E-state index < -0.39 is 5.97 Å². The predicted molar refractivity (Wildman–Crippen MR) is 79.4 cm³/mol. The van der Waals surface area contributed by atoms with Crippen LogP contribution in [0.5, 0.6) is 0 Å². The number of benzene rings is 1. The fourth-order valence-corrected chi connectivity index (χ4v) is 2.36. The number of aromatic nitrogens is 2. The Labute approximate surface area is 118 Å². The Kier molecular flexibility index (Phi) is 3.74. The molecule has 0 amide bonds. The minimum absolute atomic E-state index is 0.740. The summed E-state index contributed by atoms with van der Waals surface area (Å²) < 4.78 is 1.87. The highest BCUT2D eigenvalue weighted by Crippen LogP contribution is 2.27. The molecule has 0 unspecified atom stereocenters. The van der Waals surface area contributed by atoms with Crippen molar-refractivity contribution in [1.29, 1.82) is 0 Å². The van der Waals surface area contributed by atoms with Crippen LogP contribution in [-0.2, 0) is 11.8 Å². The first-order chi connectivity index (χ1) is 9.40. The molecular formula is C16H18N2O2. The number of carbonyl (C=O) groups is 1. The summed E-state index contributed by atoms with van der Waals surface area (Å²) in [6, 6.07) is 7.89. The van der Waals surface area contributed by atoms with Gasteiger partial charge in [0.1, 0.15) is 0 Å². The van der Waals surface area contributed by atoms with E-state index in [9.17, 15) is 4.79 Å². The van der Waals surface area contributed by atoms with Crippen LogP contribution in [0.2, 0.25) is 0 Å². The average molecular weight is 270 g/mol. The van der Waals surface area contributed by atoms with Gasteiger partial charge in [-0.3, -0.25) is 4.68 Å². The van der Waals surface area contributed by atoms with Gasteiger partial charge in [-0.1, -0.05) is 24.3 Å². The molecule has 0 atom stereocenters. The monoisotopic (exact) mass is 270 g/mol. The number of aliphatic carboxylic acids is 1. The van der Waals surface area contributed by atoms with Crippen LogP contribution in [0.25, 0.3) is 16.7 Å². The first kappa shape index (κ1) is 14.1. The topological polar surface area (TPSA) is 55.1 Å². The van der Waals surface area contributed by atoms with Crippen LogP contribution in [-0.4, -0.2) is 20.9 Å². The number of nitrogens with zero attached hydrogens (tertiary/aromatic N) is 2.